The molecule has 0 saturated carbocycles. The Bertz CT molecular complexity index is 629. The number of fused-ring (bicyclic) bond motifs is 1. The highest BCUT2D eigenvalue weighted by molar-refractivity contribution is 6.08. The van der Waals surface area contributed by atoms with Gasteiger partial charge in [-0.05, 0) is 24.1 Å². The maximum absolute atomic E-state index is 12.4. The molecule has 18 heavy (non-hydrogen) atoms. The van der Waals surface area contributed by atoms with Crippen LogP contribution in [0.2, 0.25) is 0 Å². The van der Waals surface area contributed by atoms with Gasteiger partial charge in [-0.1, -0.05) is 12.1 Å². The van der Waals surface area contributed by atoms with Crippen molar-refractivity contribution in [1.29, 1.82) is 0 Å². The van der Waals surface area contributed by atoms with Crippen molar-refractivity contribution in [2.45, 2.75) is 20.1 Å². The Morgan fingerprint density at radius 1 is 1.33 bits per heavy atom. The Hall–Kier alpha value is -1.94. The topological polar surface area (TPSA) is 44.1 Å². The highest BCUT2D eigenvalue weighted by Crippen LogP contribution is 2.22. The van der Waals surface area contributed by atoms with E-state index in [2.05, 4.69) is 4.98 Å². The van der Waals surface area contributed by atoms with Crippen molar-refractivity contribution in [3.8, 4) is 0 Å². The second-order valence-corrected chi connectivity index (χ2v) is 4.56. The van der Waals surface area contributed by atoms with E-state index in [0.717, 1.165) is 11.4 Å². The lowest BCUT2D eigenvalue weighted by Gasteiger charge is -2.04. The molecule has 1 aromatic heterocycles. The Kier molecular flexibility index (Phi) is 2.52. The van der Waals surface area contributed by atoms with Gasteiger partial charge in [0.2, 0.25) is 5.78 Å². The minimum absolute atomic E-state index is 0.00722. The third-order valence-corrected chi connectivity index (χ3v) is 3.44. The third kappa shape index (κ3) is 1.66. The summed E-state index contributed by atoms with van der Waals surface area (Å²) in [6, 6.07) is 5.75. The molecule has 0 bridgehead atoms. The lowest BCUT2D eigenvalue weighted by atomic mass is 10.0. The van der Waals surface area contributed by atoms with Gasteiger partial charge in [0.05, 0.1) is 19.4 Å². The molecular weight excluding hydrogens is 228 g/mol. The molecule has 0 radical (unpaired) electrons. The summed E-state index contributed by atoms with van der Waals surface area (Å²) in [5.74, 6) is 0.843. The number of aryl methyl sites for hydroxylation is 1. The molecular formula is C14H14N2O2. The van der Waals surface area contributed by atoms with Crippen LogP contribution in [0.3, 0.4) is 0 Å². The van der Waals surface area contributed by atoms with Gasteiger partial charge in [-0.25, -0.2) is 4.98 Å². The van der Waals surface area contributed by atoms with Crippen LogP contribution < -0.4 is 0 Å². The molecule has 92 valence electrons. The van der Waals surface area contributed by atoms with E-state index in [9.17, 15) is 4.79 Å². The van der Waals surface area contributed by atoms with E-state index in [1.54, 1.807) is 6.20 Å². The van der Waals surface area contributed by atoms with Gasteiger partial charge in [0.15, 0.2) is 0 Å². The van der Waals surface area contributed by atoms with E-state index in [1.165, 1.54) is 5.56 Å². The normalized spacial score (nSPS) is 13.7. The molecule has 0 saturated heterocycles. The van der Waals surface area contributed by atoms with Gasteiger partial charge in [0, 0.05) is 12.6 Å². The Morgan fingerprint density at radius 3 is 2.83 bits per heavy atom. The fourth-order valence-corrected chi connectivity index (χ4v) is 2.17. The van der Waals surface area contributed by atoms with Crippen LogP contribution in [0, 0.1) is 6.92 Å². The van der Waals surface area contributed by atoms with Crippen LogP contribution in [-0.2, 0) is 25.0 Å². The van der Waals surface area contributed by atoms with Gasteiger partial charge in [0.1, 0.15) is 11.5 Å². The number of carbonyl (C=O) groups excluding carboxylic acids is 1. The number of nitrogens with zero attached hydrogens (tertiary/aromatic N) is 2. The van der Waals surface area contributed by atoms with Gasteiger partial charge < -0.3 is 9.30 Å². The minimum Gasteiger partial charge on any atom is -0.372 e. The van der Waals surface area contributed by atoms with Crippen LogP contribution in [0.5, 0.6) is 0 Å². The van der Waals surface area contributed by atoms with E-state index in [-0.39, 0.29) is 5.78 Å². The fraction of sp³-hybridized carbons (Fsp3) is 0.286. The van der Waals surface area contributed by atoms with E-state index in [1.807, 2.05) is 36.7 Å². The van der Waals surface area contributed by atoms with Crippen LogP contribution in [0.1, 0.15) is 33.0 Å². The zero-order chi connectivity index (χ0) is 12.7. The number of imidazole rings is 1. The number of benzene rings is 1. The standard InChI is InChI=1S/C14H14N2O2/c1-9-15-6-13(16(9)2)14(17)10-3-4-11-7-18-8-12(11)5-10/h3-6H,7-8H2,1-2H3. The summed E-state index contributed by atoms with van der Waals surface area (Å²) < 4.78 is 7.17. The highest BCUT2D eigenvalue weighted by Gasteiger charge is 2.18. The molecule has 0 aliphatic carbocycles. The average molecular weight is 242 g/mol. The van der Waals surface area contributed by atoms with Crippen molar-refractivity contribution in [2.75, 3.05) is 0 Å². The molecule has 4 heteroatoms. The molecule has 1 aliphatic heterocycles. The van der Waals surface area contributed by atoms with Crippen LogP contribution in [0.15, 0.2) is 24.4 Å². The second-order valence-electron chi connectivity index (χ2n) is 4.56. The van der Waals surface area contributed by atoms with Crippen molar-refractivity contribution in [3.05, 3.63) is 52.6 Å². The summed E-state index contributed by atoms with van der Waals surface area (Å²) in [5.41, 5.74) is 3.60. The van der Waals surface area contributed by atoms with Crippen LogP contribution in [0.25, 0.3) is 0 Å². The van der Waals surface area contributed by atoms with Crippen molar-refractivity contribution >= 4 is 5.78 Å². The number of ether oxygens (including phenoxy) is 1. The first-order valence-electron chi connectivity index (χ1n) is 5.89. The third-order valence-electron chi connectivity index (χ3n) is 3.44. The van der Waals surface area contributed by atoms with Gasteiger partial charge in [-0.3, -0.25) is 4.79 Å². The van der Waals surface area contributed by atoms with Crippen molar-refractivity contribution in [3.63, 3.8) is 0 Å². The van der Waals surface area contributed by atoms with E-state index < -0.39 is 0 Å². The molecule has 4 nitrogen and oxygen atoms in total. The summed E-state index contributed by atoms with van der Waals surface area (Å²) in [4.78, 5) is 16.5. The van der Waals surface area contributed by atoms with Crippen LogP contribution in [-0.4, -0.2) is 15.3 Å². The lowest BCUT2D eigenvalue weighted by Crippen LogP contribution is -2.08. The quantitative estimate of drug-likeness (QED) is 0.756. The minimum atomic E-state index is 0.00722. The number of ketones is 1. The maximum Gasteiger partial charge on any atom is 0.211 e. The fourth-order valence-electron chi connectivity index (χ4n) is 2.17. The van der Waals surface area contributed by atoms with Crippen molar-refractivity contribution < 1.29 is 9.53 Å². The Labute approximate surface area is 105 Å². The number of hydrogen-bond donors (Lipinski definition) is 0. The molecule has 0 unspecified atom stereocenters. The molecule has 2 heterocycles. The van der Waals surface area contributed by atoms with Gasteiger partial charge in [-0.2, -0.15) is 0 Å². The largest absolute Gasteiger partial charge is 0.372 e. The first-order valence-corrected chi connectivity index (χ1v) is 5.89. The van der Waals surface area contributed by atoms with Crippen LogP contribution >= 0.6 is 0 Å². The van der Waals surface area contributed by atoms with E-state index in [0.29, 0.717) is 24.5 Å². The molecule has 0 amide bonds. The Morgan fingerprint density at radius 2 is 2.11 bits per heavy atom. The zero-order valence-electron chi connectivity index (χ0n) is 10.4. The first-order chi connectivity index (χ1) is 8.66. The van der Waals surface area contributed by atoms with Crippen LogP contribution in [0.4, 0.5) is 0 Å². The summed E-state index contributed by atoms with van der Waals surface area (Å²) in [5, 5.41) is 0. The first kappa shape index (κ1) is 11.2. The van der Waals surface area contributed by atoms with Gasteiger partial charge in [0.25, 0.3) is 0 Å². The molecule has 0 spiro atoms. The molecule has 0 fully saturated rings. The number of rotatable bonds is 2. The molecule has 0 atom stereocenters. The molecule has 0 N–H and O–H groups in total. The maximum atomic E-state index is 12.4. The number of hydrogen-bond acceptors (Lipinski definition) is 3. The summed E-state index contributed by atoms with van der Waals surface area (Å²) in [6.07, 6.45) is 1.63. The van der Waals surface area contributed by atoms with Crippen molar-refractivity contribution in [2.24, 2.45) is 7.05 Å². The van der Waals surface area contributed by atoms with E-state index in [4.69, 9.17) is 4.74 Å². The second kappa shape index (κ2) is 4.07. The van der Waals surface area contributed by atoms with Gasteiger partial charge >= 0.3 is 0 Å². The van der Waals surface area contributed by atoms with E-state index >= 15 is 0 Å². The number of carbonyl (C=O) groups is 1. The molecule has 2 aromatic rings. The average Bonchev–Trinajstić information content (AvgIpc) is 2.96. The smallest absolute Gasteiger partial charge is 0.211 e. The molecule has 3 rings (SSSR count). The summed E-state index contributed by atoms with van der Waals surface area (Å²) in [6.45, 7) is 3.13. The SMILES string of the molecule is Cc1ncc(C(=O)c2ccc3c(c2)COC3)n1C. The summed E-state index contributed by atoms with van der Waals surface area (Å²) >= 11 is 0. The highest BCUT2D eigenvalue weighted by atomic mass is 16.5. The molecule has 1 aromatic carbocycles. The lowest BCUT2D eigenvalue weighted by molar-refractivity contribution is 0.103. The predicted molar refractivity (Wildman–Crippen MR) is 66.3 cm³/mol. The van der Waals surface area contributed by atoms with Crippen molar-refractivity contribution in [1.82, 2.24) is 9.55 Å². The van der Waals surface area contributed by atoms with Gasteiger partial charge in [-0.15, -0.1) is 0 Å². The molecule has 1 aliphatic rings. The zero-order valence-corrected chi connectivity index (χ0v) is 10.4. The number of aromatic nitrogens is 2. The Balaban J connectivity index is 2.00. The predicted octanol–water partition coefficient (Wildman–Crippen LogP) is 1.99. The monoisotopic (exact) mass is 242 g/mol. The summed E-state index contributed by atoms with van der Waals surface area (Å²) in [7, 11) is 1.85.